The monoisotopic (exact) mass is 182 g/mol. The lowest BCUT2D eigenvalue weighted by molar-refractivity contribution is 0.0488. The summed E-state index contributed by atoms with van der Waals surface area (Å²) in [7, 11) is 0. The lowest BCUT2D eigenvalue weighted by atomic mass is 10.0. The molecule has 1 amide bonds. The van der Waals surface area contributed by atoms with Gasteiger partial charge in [-0.05, 0) is 5.92 Å². The molecule has 5 nitrogen and oxygen atoms in total. The Morgan fingerprint density at radius 2 is 2.38 bits per heavy atom. The van der Waals surface area contributed by atoms with Crippen LogP contribution in [0.1, 0.15) is 17.5 Å². The number of amides is 1. The van der Waals surface area contributed by atoms with Crippen LogP contribution in [0.15, 0.2) is 15.4 Å². The van der Waals surface area contributed by atoms with Crippen LogP contribution >= 0.6 is 0 Å². The largest absolute Gasteiger partial charge is 0.373 e. The van der Waals surface area contributed by atoms with Gasteiger partial charge in [-0.3, -0.25) is 9.59 Å². The zero-order valence-electron chi connectivity index (χ0n) is 7.24. The van der Waals surface area contributed by atoms with Crippen molar-refractivity contribution in [2.75, 3.05) is 13.1 Å². The molecule has 2 heterocycles. The molecule has 1 N–H and O–H groups in total. The maximum absolute atomic E-state index is 11.5. The molecule has 0 atom stereocenters. The average Bonchev–Trinajstić information content (AvgIpc) is 2.45. The van der Waals surface area contributed by atoms with Gasteiger partial charge in [0, 0.05) is 13.1 Å². The average molecular weight is 182 g/mol. The summed E-state index contributed by atoms with van der Waals surface area (Å²) in [6, 6.07) is 1.17. The zero-order chi connectivity index (χ0) is 9.42. The number of carbonyl (C=O) groups is 1. The fraction of sp³-hybridized carbons (Fsp3) is 0.500. The van der Waals surface area contributed by atoms with E-state index in [4.69, 9.17) is 0 Å². The molecule has 0 spiro atoms. The second kappa shape index (κ2) is 2.76. The number of hydrogen-bond donors (Lipinski definition) is 1. The Morgan fingerprint density at radius 3 is 2.85 bits per heavy atom. The first-order valence-electron chi connectivity index (χ1n) is 4.14. The van der Waals surface area contributed by atoms with Crippen molar-refractivity contribution in [3.63, 3.8) is 0 Å². The summed E-state index contributed by atoms with van der Waals surface area (Å²) < 4.78 is 4.69. The Hall–Kier alpha value is -1.52. The van der Waals surface area contributed by atoms with Gasteiger partial charge in [0.05, 0.1) is 6.07 Å². The topological polar surface area (TPSA) is 66.3 Å². The lowest BCUT2D eigenvalue weighted by Crippen LogP contribution is -2.48. The maximum atomic E-state index is 11.5. The van der Waals surface area contributed by atoms with Crippen molar-refractivity contribution in [2.45, 2.75) is 6.92 Å². The van der Waals surface area contributed by atoms with E-state index in [0.29, 0.717) is 5.92 Å². The number of carbonyl (C=O) groups excluding carboxylic acids is 1. The van der Waals surface area contributed by atoms with Crippen molar-refractivity contribution in [1.29, 1.82) is 0 Å². The number of rotatable bonds is 1. The van der Waals surface area contributed by atoms with E-state index in [1.54, 1.807) is 4.90 Å². The summed E-state index contributed by atoms with van der Waals surface area (Å²) >= 11 is 0. The standard InChI is InChI=1S/C8H10N2O3/c1-5-3-10(4-5)8(12)6-2-7(11)9-13-6/h2,5H,3-4H2,1H3,(H,9,11). The first-order valence-corrected chi connectivity index (χ1v) is 4.14. The molecular weight excluding hydrogens is 172 g/mol. The normalized spacial score (nSPS) is 17.2. The molecule has 1 aliphatic rings. The van der Waals surface area contributed by atoms with Crippen molar-refractivity contribution in [3.05, 3.63) is 22.2 Å². The van der Waals surface area contributed by atoms with Crippen LogP contribution in [0.5, 0.6) is 0 Å². The summed E-state index contributed by atoms with van der Waals surface area (Å²) in [5.41, 5.74) is -0.378. The summed E-state index contributed by atoms with van der Waals surface area (Å²) in [5, 5.41) is 2.09. The molecule has 1 aliphatic heterocycles. The Labute approximate surface area is 74.3 Å². The molecule has 5 heteroatoms. The Kier molecular flexibility index (Phi) is 1.72. The molecule has 0 unspecified atom stereocenters. The van der Waals surface area contributed by atoms with Crippen LogP contribution in [0.3, 0.4) is 0 Å². The van der Waals surface area contributed by atoms with Crippen molar-refractivity contribution in [2.24, 2.45) is 5.92 Å². The quantitative estimate of drug-likeness (QED) is 0.667. The van der Waals surface area contributed by atoms with Gasteiger partial charge in [-0.15, -0.1) is 0 Å². The smallest absolute Gasteiger partial charge is 0.292 e. The second-order valence-corrected chi connectivity index (χ2v) is 3.39. The van der Waals surface area contributed by atoms with Crippen LogP contribution < -0.4 is 5.56 Å². The van der Waals surface area contributed by atoms with Crippen LogP contribution in [0.4, 0.5) is 0 Å². The van der Waals surface area contributed by atoms with Gasteiger partial charge in [-0.1, -0.05) is 6.92 Å². The molecule has 70 valence electrons. The van der Waals surface area contributed by atoms with E-state index in [2.05, 4.69) is 16.6 Å². The highest BCUT2D eigenvalue weighted by molar-refractivity contribution is 5.91. The number of nitrogens with one attached hydrogen (secondary N) is 1. The van der Waals surface area contributed by atoms with Crippen LogP contribution in [0.2, 0.25) is 0 Å². The van der Waals surface area contributed by atoms with E-state index in [1.807, 2.05) is 0 Å². The molecule has 0 saturated carbocycles. The molecule has 0 aromatic carbocycles. The zero-order valence-corrected chi connectivity index (χ0v) is 7.24. The van der Waals surface area contributed by atoms with Gasteiger partial charge in [-0.25, -0.2) is 0 Å². The molecule has 1 fully saturated rings. The van der Waals surface area contributed by atoms with Gasteiger partial charge >= 0.3 is 0 Å². The Balaban J connectivity index is 2.10. The number of likely N-dealkylation sites (tertiary alicyclic amines) is 1. The molecule has 2 rings (SSSR count). The van der Waals surface area contributed by atoms with E-state index in [1.165, 1.54) is 6.07 Å². The van der Waals surface area contributed by atoms with Crippen molar-refractivity contribution >= 4 is 5.91 Å². The third kappa shape index (κ3) is 1.37. The fourth-order valence-electron chi connectivity index (χ4n) is 1.41. The molecule has 13 heavy (non-hydrogen) atoms. The molecule has 0 bridgehead atoms. The molecule has 0 radical (unpaired) electrons. The van der Waals surface area contributed by atoms with Crippen molar-refractivity contribution in [1.82, 2.24) is 10.1 Å². The van der Waals surface area contributed by atoms with Crippen LogP contribution in [0, 0.1) is 5.92 Å². The molecular formula is C8H10N2O3. The summed E-state index contributed by atoms with van der Waals surface area (Å²) in [6.07, 6.45) is 0. The van der Waals surface area contributed by atoms with E-state index in [9.17, 15) is 9.59 Å². The maximum Gasteiger partial charge on any atom is 0.292 e. The summed E-state index contributed by atoms with van der Waals surface area (Å²) in [5.74, 6) is 0.433. The highest BCUT2D eigenvalue weighted by atomic mass is 16.5. The Morgan fingerprint density at radius 1 is 1.69 bits per heavy atom. The highest BCUT2D eigenvalue weighted by Crippen LogP contribution is 2.16. The van der Waals surface area contributed by atoms with E-state index in [0.717, 1.165) is 13.1 Å². The fourth-order valence-corrected chi connectivity index (χ4v) is 1.41. The van der Waals surface area contributed by atoms with E-state index >= 15 is 0 Å². The SMILES string of the molecule is CC1CN(C(=O)c2cc(=O)[nH]o2)C1. The molecule has 1 saturated heterocycles. The minimum Gasteiger partial charge on any atom is -0.373 e. The van der Waals surface area contributed by atoms with Gasteiger partial charge in [0.25, 0.3) is 11.5 Å². The van der Waals surface area contributed by atoms with E-state index in [-0.39, 0.29) is 17.2 Å². The number of aromatic amines is 1. The Bertz CT molecular complexity index is 373. The number of H-pyrrole nitrogens is 1. The second-order valence-electron chi connectivity index (χ2n) is 3.39. The predicted octanol–water partition coefficient (Wildman–Crippen LogP) is 0.0598. The van der Waals surface area contributed by atoms with Gasteiger partial charge < -0.3 is 9.42 Å². The third-order valence-electron chi connectivity index (χ3n) is 2.09. The highest BCUT2D eigenvalue weighted by Gasteiger charge is 2.29. The van der Waals surface area contributed by atoms with Crippen molar-refractivity contribution < 1.29 is 9.32 Å². The first-order chi connectivity index (χ1) is 6.16. The molecule has 1 aromatic heterocycles. The van der Waals surface area contributed by atoms with Gasteiger partial charge in [0.15, 0.2) is 0 Å². The lowest BCUT2D eigenvalue weighted by Gasteiger charge is -2.36. The van der Waals surface area contributed by atoms with E-state index < -0.39 is 0 Å². The third-order valence-corrected chi connectivity index (χ3v) is 2.09. The van der Waals surface area contributed by atoms with Crippen molar-refractivity contribution in [3.8, 4) is 0 Å². The molecule has 0 aliphatic carbocycles. The van der Waals surface area contributed by atoms with Crippen LogP contribution in [-0.2, 0) is 0 Å². The van der Waals surface area contributed by atoms with Crippen LogP contribution in [0.25, 0.3) is 0 Å². The number of aromatic nitrogens is 1. The number of hydrogen-bond acceptors (Lipinski definition) is 3. The van der Waals surface area contributed by atoms with Gasteiger partial charge in [-0.2, -0.15) is 5.16 Å². The van der Waals surface area contributed by atoms with Gasteiger partial charge in [0.2, 0.25) is 5.76 Å². The number of nitrogens with zero attached hydrogens (tertiary/aromatic N) is 1. The van der Waals surface area contributed by atoms with Crippen LogP contribution in [-0.4, -0.2) is 29.1 Å². The van der Waals surface area contributed by atoms with Gasteiger partial charge in [0.1, 0.15) is 0 Å². The predicted molar refractivity (Wildman–Crippen MR) is 44.4 cm³/mol. The first kappa shape index (κ1) is 8.10. The molecule has 1 aromatic rings. The summed E-state index contributed by atoms with van der Waals surface area (Å²) in [4.78, 5) is 23.8. The minimum absolute atomic E-state index is 0.0944. The summed E-state index contributed by atoms with van der Waals surface area (Å²) in [6.45, 7) is 3.55. The minimum atomic E-state index is -0.378.